The minimum absolute atomic E-state index is 0. The number of pyridine rings is 2. The number of benzene rings is 4. The second-order valence-corrected chi connectivity index (χ2v) is 16.9. The van der Waals surface area contributed by atoms with Crippen molar-refractivity contribution in [3.8, 4) is 22.5 Å². The molecule has 0 spiro atoms. The van der Waals surface area contributed by atoms with Gasteiger partial charge in [0.15, 0.2) is 5.78 Å². The van der Waals surface area contributed by atoms with E-state index in [2.05, 4.69) is 74.1 Å². The Morgan fingerprint density at radius 3 is 1.49 bits per heavy atom. The Kier molecular flexibility index (Phi) is 18.1. The molecule has 1 atom stereocenters. The minimum atomic E-state index is -0.463. The van der Waals surface area contributed by atoms with Crippen LogP contribution in [0.1, 0.15) is 113 Å². The van der Waals surface area contributed by atoms with Gasteiger partial charge in [-0.2, -0.15) is 0 Å². The Balaban J connectivity index is 0.000000264. The third-order valence-electron chi connectivity index (χ3n) is 10.5. The van der Waals surface area contributed by atoms with Gasteiger partial charge in [-0.25, -0.2) is 0 Å². The maximum absolute atomic E-state index is 12.2. The standard InChI is InChI=1S/2C21H22N.C13H23FO2.Ir/c2*1-14(2)9-17-5-6-20-18(13-17)7-8-22-21(20)19-11-15(3)10-16(4)12-19;1-4-10(5-2)12(15)9-13(16)11(6-3)7-8-14;/h2*5-8,10-11,13-14H,9H2,1-4H3;9-11,16H,4-8H2,1-3H3;/q2*-1;;/b;;13-9-;/i2*7D,8D;;. The van der Waals surface area contributed by atoms with Crippen molar-refractivity contribution in [1.82, 2.24) is 9.97 Å². The topological polar surface area (TPSA) is 63.1 Å². The number of hydrogen-bond acceptors (Lipinski definition) is 4. The predicted octanol–water partition coefficient (Wildman–Crippen LogP) is 14.9. The number of alkyl halides is 1. The van der Waals surface area contributed by atoms with E-state index in [9.17, 15) is 14.3 Å². The van der Waals surface area contributed by atoms with Crippen molar-refractivity contribution in [3.05, 3.63) is 142 Å². The van der Waals surface area contributed by atoms with E-state index in [4.69, 9.17) is 5.48 Å². The van der Waals surface area contributed by atoms with Crippen LogP contribution < -0.4 is 0 Å². The van der Waals surface area contributed by atoms with Crippen molar-refractivity contribution >= 4 is 27.3 Å². The zero-order chi connectivity index (χ0) is 47.4. The number of carbonyl (C=O) groups is 1. The first-order chi connectivity index (χ1) is 30.3. The van der Waals surface area contributed by atoms with E-state index in [-0.39, 0.29) is 74.3 Å². The molecule has 61 heavy (non-hydrogen) atoms. The number of aliphatic hydroxyl groups is 1. The molecule has 6 rings (SSSR count). The first-order valence-corrected chi connectivity index (χ1v) is 21.6. The fourth-order valence-electron chi connectivity index (χ4n) is 7.63. The molecule has 2 aromatic heterocycles. The first-order valence-electron chi connectivity index (χ1n) is 23.6. The summed E-state index contributed by atoms with van der Waals surface area (Å²) in [5.74, 6) is 0.868. The van der Waals surface area contributed by atoms with Crippen LogP contribution in [-0.4, -0.2) is 27.5 Å². The number of rotatable bonds is 14. The zero-order valence-corrected chi connectivity index (χ0v) is 40.5. The van der Waals surface area contributed by atoms with Crippen LogP contribution in [0.25, 0.3) is 44.1 Å². The second-order valence-electron chi connectivity index (χ2n) is 16.9. The Morgan fingerprint density at radius 1 is 0.705 bits per heavy atom. The van der Waals surface area contributed by atoms with Crippen molar-refractivity contribution in [2.24, 2.45) is 23.7 Å². The molecule has 1 unspecified atom stereocenters. The maximum atomic E-state index is 12.2. The van der Waals surface area contributed by atoms with Gasteiger partial charge in [-0.15, -0.1) is 69.8 Å². The van der Waals surface area contributed by atoms with E-state index in [1.54, 1.807) is 0 Å². The number of ketones is 1. The quantitative estimate of drug-likeness (QED) is 0.0671. The van der Waals surface area contributed by atoms with Crippen LogP contribution in [0.5, 0.6) is 0 Å². The zero-order valence-electron chi connectivity index (χ0n) is 42.1. The molecule has 0 saturated carbocycles. The molecule has 327 valence electrons. The molecule has 0 bridgehead atoms. The van der Waals surface area contributed by atoms with Gasteiger partial charge in [-0.05, 0) is 107 Å². The van der Waals surface area contributed by atoms with Gasteiger partial charge in [0.2, 0.25) is 0 Å². The van der Waals surface area contributed by atoms with Crippen molar-refractivity contribution in [3.63, 3.8) is 0 Å². The fraction of sp³-hybridized carbons (Fsp3) is 0.400. The van der Waals surface area contributed by atoms with Crippen LogP contribution in [0.15, 0.2) is 96.9 Å². The summed E-state index contributed by atoms with van der Waals surface area (Å²) in [5, 5.41) is 13.2. The van der Waals surface area contributed by atoms with E-state index < -0.39 is 6.67 Å². The van der Waals surface area contributed by atoms with Gasteiger partial charge in [0.1, 0.15) is 0 Å². The molecular weight excluding hydrogens is 932 g/mol. The van der Waals surface area contributed by atoms with Crippen molar-refractivity contribution in [2.75, 3.05) is 6.67 Å². The van der Waals surface area contributed by atoms with Gasteiger partial charge < -0.3 is 15.1 Å². The summed E-state index contributed by atoms with van der Waals surface area (Å²) in [6.45, 7) is 22.2. The molecule has 0 amide bonds. The Morgan fingerprint density at radius 2 is 1.13 bits per heavy atom. The first kappa shape index (κ1) is 44.5. The summed E-state index contributed by atoms with van der Waals surface area (Å²) in [6.07, 6.45) is 5.77. The SMILES string of the molecule is CCC(CC)C(=O)/C=C(\O)C(CC)CCF.[2H]c1nc(-c2[c-]c(C)cc(C)c2)c2ccc(CC(C)C)cc2c1[2H].[2H]c1nc(-c2[c-]c(C)cc(C)c2)c2ccc(CC(C)C)cc2c1[2H].[Ir]. The van der Waals surface area contributed by atoms with E-state index >= 15 is 0 Å². The van der Waals surface area contributed by atoms with Crippen LogP contribution in [0.3, 0.4) is 0 Å². The summed E-state index contributed by atoms with van der Waals surface area (Å²) in [7, 11) is 0. The molecule has 0 fully saturated rings. The third kappa shape index (κ3) is 15.1. The molecule has 0 aliphatic heterocycles. The Bertz CT molecular complexity index is 2400. The summed E-state index contributed by atoms with van der Waals surface area (Å²) in [5.41, 5.74) is 10.1. The van der Waals surface area contributed by atoms with Gasteiger partial charge in [0, 0.05) is 50.4 Å². The Hall–Kier alpha value is -4.51. The number of allylic oxidation sites excluding steroid dienone is 2. The molecule has 0 aliphatic carbocycles. The number of aliphatic hydroxyl groups excluding tert-OH is 1. The molecular formula is C55H67FIrN2O2-2. The summed E-state index contributed by atoms with van der Waals surface area (Å²) in [6, 6.07) is 27.7. The number of hydrogen-bond donors (Lipinski definition) is 1. The molecule has 4 aromatic carbocycles. The normalized spacial score (nSPS) is 12.8. The number of nitrogens with zero attached hydrogens (tertiary/aromatic N) is 2. The summed E-state index contributed by atoms with van der Waals surface area (Å²) >= 11 is 0. The van der Waals surface area contributed by atoms with Crippen molar-refractivity contribution in [2.45, 2.75) is 115 Å². The van der Waals surface area contributed by atoms with Gasteiger partial charge in [0.25, 0.3) is 0 Å². The number of halogens is 1. The molecule has 4 nitrogen and oxygen atoms in total. The van der Waals surface area contributed by atoms with Crippen LogP contribution in [-0.2, 0) is 37.7 Å². The molecule has 6 aromatic rings. The average molecular weight is 1000 g/mol. The average Bonchev–Trinajstić information content (AvgIpc) is 3.22. The smallest absolute Gasteiger partial charge is 0.162 e. The van der Waals surface area contributed by atoms with Gasteiger partial charge in [-0.1, -0.05) is 113 Å². The maximum Gasteiger partial charge on any atom is 0.162 e. The largest absolute Gasteiger partial charge is 0.512 e. The molecule has 0 aliphatic rings. The minimum Gasteiger partial charge on any atom is -0.512 e. The van der Waals surface area contributed by atoms with E-state index in [0.717, 1.165) is 92.0 Å². The van der Waals surface area contributed by atoms with Gasteiger partial charge in [-0.3, -0.25) is 9.18 Å². The van der Waals surface area contributed by atoms with E-state index in [0.29, 0.717) is 18.3 Å². The summed E-state index contributed by atoms with van der Waals surface area (Å²) < 4.78 is 44.9. The van der Waals surface area contributed by atoms with Crippen LogP contribution in [0.4, 0.5) is 4.39 Å². The number of aromatic nitrogens is 2. The predicted molar refractivity (Wildman–Crippen MR) is 252 cm³/mol. The van der Waals surface area contributed by atoms with Gasteiger partial charge in [0.05, 0.1) is 17.9 Å². The fourth-order valence-corrected chi connectivity index (χ4v) is 7.63. The van der Waals surface area contributed by atoms with E-state index in [1.165, 1.54) is 17.2 Å². The number of fused-ring (bicyclic) bond motifs is 2. The number of aryl methyl sites for hydroxylation is 4. The molecule has 0 saturated heterocycles. The van der Waals surface area contributed by atoms with Crippen LogP contribution >= 0.6 is 0 Å². The van der Waals surface area contributed by atoms with Gasteiger partial charge >= 0.3 is 0 Å². The van der Waals surface area contributed by atoms with E-state index in [1.807, 2.05) is 84.9 Å². The monoisotopic (exact) mass is 1000 g/mol. The van der Waals surface area contributed by atoms with Crippen LogP contribution in [0.2, 0.25) is 0 Å². The molecule has 6 heteroatoms. The second kappa shape index (κ2) is 24.8. The third-order valence-corrected chi connectivity index (χ3v) is 10.5. The van der Waals surface area contributed by atoms with Crippen LogP contribution in [0, 0.1) is 63.5 Å². The summed E-state index contributed by atoms with van der Waals surface area (Å²) in [4.78, 5) is 20.5. The molecule has 1 N–H and O–H groups in total. The number of carbonyl (C=O) groups excluding carboxylic acids is 1. The van der Waals surface area contributed by atoms with Crippen molar-refractivity contribution in [1.29, 1.82) is 0 Å². The Labute approximate surface area is 385 Å². The molecule has 2 heterocycles. The molecule has 1 radical (unpaired) electrons. The van der Waals surface area contributed by atoms with Crippen molar-refractivity contribution < 1.29 is 39.9 Å².